The van der Waals surface area contributed by atoms with Crippen molar-refractivity contribution in [2.45, 2.75) is 26.3 Å². The zero-order valence-corrected chi connectivity index (χ0v) is 10.4. The number of carbonyl (C=O) groups is 1. The number of carbonyl (C=O) groups excluding carboxylic acids is 1. The Bertz CT molecular complexity index is 410. The van der Waals surface area contributed by atoms with Gasteiger partial charge in [0, 0.05) is 37.4 Å². The van der Waals surface area contributed by atoms with Crippen LogP contribution in [-0.2, 0) is 4.79 Å². The fourth-order valence-corrected chi connectivity index (χ4v) is 2.37. The van der Waals surface area contributed by atoms with Gasteiger partial charge < -0.3 is 16.0 Å². The minimum absolute atomic E-state index is 0.0422. The molecule has 1 aromatic carbocycles. The molecule has 0 bridgehead atoms. The van der Waals surface area contributed by atoms with Crippen molar-refractivity contribution < 1.29 is 4.79 Å². The average Bonchev–Trinajstić information content (AvgIpc) is 2.63. The molecule has 1 heterocycles. The Morgan fingerprint density at radius 1 is 1.47 bits per heavy atom. The summed E-state index contributed by atoms with van der Waals surface area (Å²) < 4.78 is 0. The largest absolute Gasteiger partial charge is 0.399 e. The molecule has 3 N–H and O–H groups in total. The summed E-state index contributed by atoms with van der Waals surface area (Å²) in [5, 5.41) is 2.96. The SMILES string of the molecule is CC(=O)NC1CCN(c2cc(C)cc(N)c2)C1. The Morgan fingerprint density at radius 3 is 2.88 bits per heavy atom. The van der Waals surface area contributed by atoms with E-state index in [1.807, 2.05) is 19.1 Å². The van der Waals surface area contributed by atoms with Crippen LogP contribution in [0.15, 0.2) is 18.2 Å². The first-order valence-electron chi connectivity index (χ1n) is 5.94. The van der Waals surface area contributed by atoms with Gasteiger partial charge in [0.05, 0.1) is 0 Å². The molecule has 1 saturated heterocycles. The predicted molar refractivity (Wildman–Crippen MR) is 70.0 cm³/mol. The van der Waals surface area contributed by atoms with Crippen molar-refractivity contribution >= 4 is 17.3 Å². The van der Waals surface area contributed by atoms with Crippen molar-refractivity contribution in [3.8, 4) is 0 Å². The molecule has 1 aliphatic heterocycles. The van der Waals surface area contributed by atoms with Gasteiger partial charge in [0.25, 0.3) is 0 Å². The fraction of sp³-hybridized carbons (Fsp3) is 0.462. The third kappa shape index (κ3) is 2.90. The van der Waals surface area contributed by atoms with Gasteiger partial charge in [-0.3, -0.25) is 4.79 Å². The van der Waals surface area contributed by atoms with E-state index in [9.17, 15) is 4.79 Å². The van der Waals surface area contributed by atoms with Crippen molar-refractivity contribution in [3.05, 3.63) is 23.8 Å². The van der Waals surface area contributed by atoms with Gasteiger partial charge in [-0.1, -0.05) is 0 Å². The number of amides is 1. The molecular weight excluding hydrogens is 214 g/mol. The molecule has 4 heteroatoms. The molecule has 17 heavy (non-hydrogen) atoms. The van der Waals surface area contributed by atoms with Gasteiger partial charge in [-0.25, -0.2) is 0 Å². The number of hydrogen-bond acceptors (Lipinski definition) is 3. The Labute approximate surface area is 102 Å². The Hall–Kier alpha value is -1.71. The second kappa shape index (κ2) is 4.65. The van der Waals surface area contributed by atoms with E-state index in [4.69, 9.17) is 5.73 Å². The Balaban J connectivity index is 2.07. The van der Waals surface area contributed by atoms with E-state index < -0.39 is 0 Å². The van der Waals surface area contributed by atoms with Crippen molar-refractivity contribution in [3.63, 3.8) is 0 Å². The van der Waals surface area contributed by atoms with Gasteiger partial charge in [0.15, 0.2) is 0 Å². The molecule has 2 rings (SSSR count). The summed E-state index contributed by atoms with van der Waals surface area (Å²) in [5.41, 5.74) is 8.96. The first kappa shape index (κ1) is 11.8. The molecule has 0 aromatic heterocycles. The monoisotopic (exact) mass is 233 g/mol. The van der Waals surface area contributed by atoms with Crippen LogP contribution in [0, 0.1) is 6.92 Å². The minimum atomic E-state index is 0.0422. The third-order valence-corrected chi connectivity index (χ3v) is 3.05. The number of nitrogen functional groups attached to an aromatic ring is 1. The number of benzene rings is 1. The molecule has 1 aromatic rings. The first-order chi connectivity index (χ1) is 8.04. The molecule has 1 unspecified atom stereocenters. The second-order valence-corrected chi connectivity index (χ2v) is 4.73. The normalized spacial score (nSPS) is 19.4. The maximum absolute atomic E-state index is 11.0. The number of nitrogens with one attached hydrogen (secondary N) is 1. The smallest absolute Gasteiger partial charge is 0.217 e. The van der Waals surface area contributed by atoms with E-state index in [1.165, 1.54) is 5.56 Å². The highest BCUT2D eigenvalue weighted by atomic mass is 16.1. The predicted octanol–water partition coefficient (Wildman–Crippen LogP) is 1.29. The van der Waals surface area contributed by atoms with Gasteiger partial charge in [0.2, 0.25) is 5.91 Å². The van der Waals surface area contributed by atoms with E-state index in [2.05, 4.69) is 16.3 Å². The average molecular weight is 233 g/mol. The maximum Gasteiger partial charge on any atom is 0.217 e. The molecule has 0 aliphatic carbocycles. The van der Waals surface area contributed by atoms with Crippen molar-refractivity contribution in [2.75, 3.05) is 23.7 Å². The summed E-state index contributed by atoms with van der Waals surface area (Å²) in [6.45, 7) is 5.44. The third-order valence-electron chi connectivity index (χ3n) is 3.05. The van der Waals surface area contributed by atoms with Crippen LogP contribution in [0.25, 0.3) is 0 Å². The number of nitrogens with two attached hydrogens (primary N) is 1. The highest BCUT2D eigenvalue weighted by Crippen LogP contribution is 2.24. The van der Waals surface area contributed by atoms with E-state index in [-0.39, 0.29) is 11.9 Å². The first-order valence-corrected chi connectivity index (χ1v) is 5.94. The molecule has 0 radical (unpaired) electrons. The van der Waals surface area contributed by atoms with Crippen molar-refractivity contribution in [2.24, 2.45) is 0 Å². The molecule has 1 atom stereocenters. The van der Waals surface area contributed by atoms with Gasteiger partial charge in [-0.15, -0.1) is 0 Å². The van der Waals surface area contributed by atoms with E-state index in [0.29, 0.717) is 0 Å². The standard InChI is InChI=1S/C13H19N3O/c1-9-5-11(14)7-13(6-9)16-4-3-12(8-16)15-10(2)17/h5-7,12H,3-4,8,14H2,1-2H3,(H,15,17). The van der Waals surface area contributed by atoms with E-state index in [1.54, 1.807) is 6.92 Å². The lowest BCUT2D eigenvalue weighted by molar-refractivity contribution is -0.119. The van der Waals surface area contributed by atoms with Gasteiger partial charge in [-0.05, 0) is 37.1 Å². The van der Waals surface area contributed by atoms with E-state index in [0.717, 1.165) is 30.9 Å². The number of rotatable bonds is 2. The Kier molecular flexibility index (Phi) is 3.22. The topological polar surface area (TPSA) is 58.4 Å². The van der Waals surface area contributed by atoms with Crippen LogP contribution < -0.4 is 16.0 Å². The molecule has 0 saturated carbocycles. The van der Waals surface area contributed by atoms with Crippen LogP contribution in [0.5, 0.6) is 0 Å². The summed E-state index contributed by atoms with van der Waals surface area (Å²) >= 11 is 0. The van der Waals surface area contributed by atoms with Gasteiger partial charge in [-0.2, -0.15) is 0 Å². The number of aryl methyl sites for hydroxylation is 1. The molecule has 1 amide bonds. The molecule has 0 spiro atoms. The Morgan fingerprint density at radius 2 is 2.24 bits per heavy atom. The molecule has 4 nitrogen and oxygen atoms in total. The number of anilines is 2. The zero-order chi connectivity index (χ0) is 12.4. The van der Waals surface area contributed by atoms with Crippen LogP contribution in [0.4, 0.5) is 11.4 Å². The summed E-state index contributed by atoms with van der Waals surface area (Å²) in [4.78, 5) is 13.3. The number of nitrogens with zero attached hydrogens (tertiary/aromatic N) is 1. The minimum Gasteiger partial charge on any atom is -0.399 e. The lowest BCUT2D eigenvalue weighted by Crippen LogP contribution is -2.35. The molecule has 1 aliphatic rings. The summed E-state index contributed by atoms with van der Waals surface area (Å²) in [6.07, 6.45) is 0.993. The highest BCUT2D eigenvalue weighted by molar-refractivity contribution is 5.73. The van der Waals surface area contributed by atoms with Crippen LogP contribution in [-0.4, -0.2) is 25.0 Å². The van der Waals surface area contributed by atoms with Gasteiger partial charge in [0.1, 0.15) is 0 Å². The van der Waals surface area contributed by atoms with Crippen LogP contribution in [0.2, 0.25) is 0 Å². The number of hydrogen-bond donors (Lipinski definition) is 2. The lowest BCUT2D eigenvalue weighted by atomic mass is 10.2. The van der Waals surface area contributed by atoms with Crippen molar-refractivity contribution in [1.82, 2.24) is 5.32 Å². The van der Waals surface area contributed by atoms with Crippen LogP contribution in [0.3, 0.4) is 0 Å². The second-order valence-electron chi connectivity index (χ2n) is 4.73. The quantitative estimate of drug-likeness (QED) is 0.757. The highest BCUT2D eigenvalue weighted by Gasteiger charge is 2.23. The lowest BCUT2D eigenvalue weighted by Gasteiger charge is -2.20. The summed E-state index contributed by atoms with van der Waals surface area (Å²) in [5.74, 6) is 0.0422. The molecular formula is C13H19N3O. The van der Waals surface area contributed by atoms with Gasteiger partial charge >= 0.3 is 0 Å². The fourth-order valence-electron chi connectivity index (χ4n) is 2.37. The van der Waals surface area contributed by atoms with Crippen LogP contribution in [0.1, 0.15) is 18.9 Å². The van der Waals surface area contributed by atoms with Crippen molar-refractivity contribution in [1.29, 1.82) is 0 Å². The molecule has 92 valence electrons. The maximum atomic E-state index is 11.0. The molecule has 1 fully saturated rings. The summed E-state index contributed by atoms with van der Waals surface area (Å²) in [7, 11) is 0. The van der Waals surface area contributed by atoms with E-state index >= 15 is 0 Å². The van der Waals surface area contributed by atoms with Crippen LogP contribution >= 0.6 is 0 Å². The summed E-state index contributed by atoms with van der Waals surface area (Å²) in [6, 6.07) is 6.34. The zero-order valence-electron chi connectivity index (χ0n) is 10.4.